The van der Waals surface area contributed by atoms with Gasteiger partial charge in [-0.3, -0.25) is 9.78 Å². The van der Waals surface area contributed by atoms with E-state index >= 15 is 0 Å². The lowest BCUT2D eigenvalue weighted by Gasteiger charge is -2.09. The topological polar surface area (TPSA) is 120 Å². The van der Waals surface area contributed by atoms with Crippen LogP contribution in [-0.2, 0) is 6.54 Å². The largest absolute Gasteiger partial charge is 0.443 e. The molecule has 3 heterocycles. The Kier molecular flexibility index (Phi) is 4.39. The molecule has 0 aliphatic carbocycles. The fraction of sp³-hybridized carbons (Fsp3) is 0.133. The van der Waals surface area contributed by atoms with Crippen molar-refractivity contribution in [2.45, 2.75) is 13.5 Å². The number of carbonyl (C=O) groups excluding carboxylic acids is 1. The molecular formula is C15H13ClN6O2. The molecule has 3 rings (SSSR count). The summed E-state index contributed by atoms with van der Waals surface area (Å²) in [5.41, 5.74) is 7.51. The first kappa shape index (κ1) is 15.9. The van der Waals surface area contributed by atoms with Crippen LogP contribution in [0.15, 0.2) is 35.3 Å². The number of carbonyl (C=O) groups is 1. The molecule has 0 spiro atoms. The lowest BCUT2D eigenvalue weighted by molar-refractivity contribution is 0.0946. The van der Waals surface area contributed by atoms with Gasteiger partial charge in [0.25, 0.3) is 5.91 Å². The van der Waals surface area contributed by atoms with E-state index in [1.54, 1.807) is 19.2 Å². The fourth-order valence-corrected chi connectivity index (χ4v) is 2.24. The number of nitrogens with zero attached hydrogens (tertiary/aromatic N) is 4. The second kappa shape index (κ2) is 6.63. The van der Waals surface area contributed by atoms with E-state index in [0.29, 0.717) is 22.3 Å². The highest BCUT2D eigenvalue weighted by Gasteiger charge is 2.18. The smallest absolute Gasteiger partial charge is 0.273 e. The number of aryl methyl sites for hydroxylation is 1. The van der Waals surface area contributed by atoms with E-state index in [1.165, 1.54) is 18.7 Å². The Balaban J connectivity index is 1.80. The third kappa shape index (κ3) is 3.18. The summed E-state index contributed by atoms with van der Waals surface area (Å²) in [6, 6.07) is 1.72. The van der Waals surface area contributed by atoms with Gasteiger partial charge in [0.05, 0.1) is 16.9 Å². The molecule has 0 saturated carbocycles. The number of hydrogen-bond acceptors (Lipinski definition) is 7. The van der Waals surface area contributed by atoms with E-state index < -0.39 is 5.91 Å². The van der Waals surface area contributed by atoms with Gasteiger partial charge in [-0.15, -0.1) is 0 Å². The second-order valence-electron chi connectivity index (χ2n) is 4.88. The number of pyridine rings is 1. The molecule has 0 saturated heterocycles. The highest BCUT2D eigenvalue weighted by Crippen LogP contribution is 2.21. The first-order valence-corrected chi connectivity index (χ1v) is 7.34. The molecule has 1 amide bonds. The zero-order valence-corrected chi connectivity index (χ0v) is 13.4. The summed E-state index contributed by atoms with van der Waals surface area (Å²) in [5, 5.41) is 3.17. The van der Waals surface area contributed by atoms with Gasteiger partial charge in [0, 0.05) is 18.9 Å². The third-order valence-corrected chi connectivity index (χ3v) is 3.58. The summed E-state index contributed by atoms with van der Waals surface area (Å²) in [4.78, 5) is 28.6. The van der Waals surface area contributed by atoms with Crippen LogP contribution in [0.5, 0.6) is 0 Å². The van der Waals surface area contributed by atoms with E-state index in [9.17, 15) is 4.79 Å². The fourth-order valence-electron chi connectivity index (χ4n) is 2.05. The molecule has 0 aliphatic rings. The maximum absolute atomic E-state index is 12.3. The molecular weight excluding hydrogens is 332 g/mol. The minimum atomic E-state index is -0.449. The molecule has 0 atom stereocenters. The maximum Gasteiger partial charge on any atom is 0.273 e. The van der Waals surface area contributed by atoms with Crippen molar-refractivity contribution < 1.29 is 9.21 Å². The van der Waals surface area contributed by atoms with Crippen LogP contribution >= 0.6 is 11.6 Å². The van der Waals surface area contributed by atoms with Crippen LogP contribution in [0, 0.1) is 6.92 Å². The van der Waals surface area contributed by atoms with Crippen LogP contribution in [0.4, 0.5) is 5.82 Å². The number of oxazole rings is 1. The number of hydrogen-bond donors (Lipinski definition) is 2. The quantitative estimate of drug-likeness (QED) is 0.742. The van der Waals surface area contributed by atoms with Crippen LogP contribution in [0.2, 0.25) is 5.02 Å². The maximum atomic E-state index is 12.3. The second-order valence-corrected chi connectivity index (χ2v) is 5.29. The molecule has 0 radical (unpaired) electrons. The number of rotatable bonds is 4. The predicted octanol–water partition coefficient (Wildman–Crippen LogP) is 2.00. The Labute approximate surface area is 142 Å². The van der Waals surface area contributed by atoms with Crippen molar-refractivity contribution in [3.05, 3.63) is 52.9 Å². The van der Waals surface area contributed by atoms with Crippen LogP contribution < -0.4 is 11.1 Å². The van der Waals surface area contributed by atoms with Crippen molar-refractivity contribution in [2.75, 3.05) is 5.73 Å². The van der Waals surface area contributed by atoms with Gasteiger partial charge in [0.15, 0.2) is 11.5 Å². The summed E-state index contributed by atoms with van der Waals surface area (Å²) in [7, 11) is 0. The highest BCUT2D eigenvalue weighted by molar-refractivity contribution is 6.31. The monoisotopic (exact) mass is 344 g/mol. The van der Waals surface area contributed by atoms with Crippen LogP contribution in [0.3, 0.4) is 0 Å². The van der Waals surface area contributed by atoms with Gasteiger partial charge < -0.3 is 15.5 Å². The predicted molar refractivity (Wildman–Crippen MR) is 87.1 cm³/mol. The minimum absolute atomic E-state index is 0.00729. The first-order valence-electron chi connectivity index (χ1n) is 6.97. The molecule has 0 fully saturated rings. The molecule has 0 bridgehead atoms. The van der Waals surface area contributed by atoms with Gasteiger partial charge in [0.1, 0.15) is 12.0 Å². The molecule has 8 nitrogen and oxygen atoms in total. The summed E-state index contributed by atoms with van der Waals surface area (Å²) in [5.74, 6) is -0.163. The summed E-state index contributed by atoms with van der Waals surface area (Å²) >= 11 is 6.00. The number of halogens is 1. The average Bonchev–Trinajstić information content (AvgIpc) is 3.10. The van der Waals surface area contributed by atoms with Gasteiger partial charge in [0.2, 0.25) is 5.89 Å². The number of amides is 1. The summed E-state index contributed by atoms with van der Waals surface area (Å²) in [6.45, 7) is 1.92. The van der Waals surface area contributed by atoms with Crippen molar-refractivity contribution in [1.29, 1.82) is 0 Å². The molecule has 3 aromatic rings. The zero-order chi connectivity index (χ0) is 17.1. The first-order chi connectivity index (χ1) is 11.6. The number of anilines is 1. The molecule has 122 valence electrons. The Morgan fingerprint density at radius 3 is 2.92 bits per heavy atom. The zero-order valence-electron chi connectivity index (χ0n) is 12.7. The van der Waals surface area contributed by atoms with Gasteiger partial charge in [-0.2, -0.15) is 0 Å². The van der Waals surface area contributed by atoms with E-state index in [-0.39, 0.29) is 18.1 Å². The summed E-state index contributed by atoms with van der Waals surface area (Å²) in [6.07, 6.45) is 6.01. The highest BCUT2D eigenvalue weighted by atomic mass is 35.5. The van der Waals surface area contributed by atoms with Crippen molar-refractivity contribution >= 4 is 23.3 Å². The van der Waals surface area contributed by atoms with Crippen molar-refractivity contribution in [1.82, 2.24) is 25.3 Å². The van der Waals surface area contributed by atoms with Gasteiger partial charge in [-0.05, 0) is 18.6 Å². The van der Waals surface area contributed by atoms with Gasteiger partial charge >= 0.3 is 0 Å². The van der Waals surface area contributed by atoms with Crippen molar-refractivity contribution in [3.63, 3.8) is 0 Å². The molecule has 0 aliphatic heterocycles. The van der Waals surface area contributed by atoms with Crippen LogP contribution in [0.25, 0.3) is 11.6 Å². The SMILES string of the molecule is Cc1nc(C(=O)NCc2ccncc2Cl)c(N)nc1-c1ncco1. The van der Waals surface area contributed by atoms with E-state index in [0.717, 1.165) is 5.56 Å². The molecule has 0 unspecified atom stereocenters. The minimum Gasteiger partial charge on any atom is -0.443 e. The summed E-state index contributed by atoms with van der Waals surface area (Å²) < 4.78 is 5.18. The number of nitrogen functional groups attached to an aromatic ring is 1. The third-order valence-electron chi connectivity index (χ3n) is 3.24. The molecule has 24 heavy (non-hydrogen) atoms. The van der Waals surface area contributed by atoms with Crippen LogP contribution in [-0.4, -0.2) is 25.8 Å². The number of nitrogens with two attached hydrogens (primary N) is 1. The van der Waals surface area contributed by atoms with Crippen molar-refractivity contribution in [3.8, 4) is 11.6 Å². The van der Waals surface area contributed by atoms with Gasteiger partial charge in [-0.1, -0.05) is 11.6 Å². The van der Waals surface area contributed by atoms with Crippen molar-refractivity contribution in [2.24, 2.45) is 0 Å². The van der Waals surface area contributed by atoms with Gasteiger partial charge in [-0.25, -0.2) is 15.0 Å². The number of nitrogens with one attached hydrogen (secondary N) is 1. The normalized spacial score (nSPS) is 10.6. The average molecular weight is 345 g/mol. The van der Waals surface area contributed by atoms with Crippen LogP contribution in [0.1, 0.15) is 21.7 Å². The molecule has 9 heteroatoms. The Morgan fingerprint density at radius 2 is 2.21 bits per heavy atom. The Bertz CT molecular complexity index is 882. The van der Waals surface area contributed by atoms with E-state index in [1.807, 2.05) is 0 Å². The molecule has 3 aromatic heterocycles. The van der Waals surface area contributed by atoms with E-state index in [4.69, 9.17) is 21.8 Å². The molecule has 3 N–H and O–H groups in total. The van der Waals surface area contributed by atoms with E-state index in [2.05, 4.69) is 25.3 Å². The Morgan fingerprint density at radius 1 is 1.38 bits per heavy atom. The lowest BCUT2D eigenvalue weighted by Crippen LogP contribution is -2.26. The molecule has 0 aromatic carbocycles. The standard InChI is InChI=1S/C15H13ClN6O2/c1-8-11(15-19-4-5-24-15)22-13(17)12(21-8)14(23)20-6-9-2-3-18-7-10(9)16/h2-5,7H,6H2,1H3,(H2,17,22)(H,20,23). The lowest BCUT2D eigenvalue weighted by atomic mass is 10.2. The number of aromatic nitrogens is 4. The Hall–Kier alpha value is -3.00.